The van der Waals surface area contributed by atoms with Gasteiger partial charge in [-0.15, -0.1) is 22.7 Å². The Bertz CT molecular complexity index is 1020. The second kappa shape index (κ2) is 7.89. The van der Waals surface area contributed by atoms with E-state index in [9.17, 15) is 4.79 Å². The van der Waals surface area contributed by atoms with Crippen LogP contribution in [0.2, 0.25) is 0 Å². The number of amides is 1. The Labute approximate surface area is 164 Å². The Balaban J connectivity index is 1.26. The third-order valence-corrected chi connectivity index (χ3v) is 5.58. The van der Waals surface area contributed by atoms with Crippen LogP contribution in [0.1, 0.15) is 22.0 Å². The van der Waals surface area contributed by atoms with Crippen molar-refractivity contribution in [3.63, 3.8) is 0 Å². The summed E-state index contributed by atoms with van der Waals surface area (Å²) in [5.41, 5.74) is 2.80. The SMILES string of the molecule is Cc1ccc(OCc2nc(CC(=O)NCc3cn4ccsc4n3)cs2)cc1. The van der Waals surface area contributed by atoms with Crippen molar-refractivity contribution in [2.45, 2.75) is 26.5 Å². The molecule has 0 radical (unpaired) electrons. The lowest BCUT2D eigenvalue weighted by molar-refractivity contribution is -0.120. The van der Waals surface area contributed by atoms with Gasteiger partial charge in [0.1, 0.15) is 17.4 Å². The maximum atomic E-state index is 12.2. The molecule has 3 aromatic heterocycles. The number of aryl methyl sites for hydroxylation is 1. The zero-order valence-electron chi connectivity index (χ0n) is 14.7. The standard InChI is InChI=1S/C19H18N4O2S2/c1-13-2-4-16(5-3-13)25-11-18-21-14(12-27-18)8-17(24)20-9-15-10-23-6-7-26-19(23)22-15/h2-7,10,12H,8-9,11H2,1H3,(H,20,24). The van der Waals surface area contributed by atoms with E-state index >= 15 is 0 Å². The quantitative estimate of drug-likeness (QED) is 0.516. The smallest absolute Gasteiger partial charge is 0.226 e. The van der Waals surface area contributed by atoms with Gasteiger partial charge in [0.25, 0.3) is 0 Å². The predicted octanol–water partition coefficient (Wildman–Crippen LogP) is 3.60. The van der Waals surface area contributed by atoms with Gasteiger partial charge in [0.2, 0.25) is 5.91 Å². The summed E-state index contributed by atoms with van der Waals surface area (Å²) in [4.78, 5) is 22.0. The van der Waals surface area contributed by atoms with E-state index in [1.807, 2.05) is 58.7 Å². The number of thiazole rings is 2. The molecule has 3 heterocycles. The van der Waals surface area contributed by atoms with Crippen molar-refractivity contribution >= 4 is 33.5 Å². The summed E-state index contributed by atoms with van der Waals surface area (Å²) in [5.74, 6) is 0.748. The summed E-state index contributed by atoms with van der Waals surface area (Å²) in [6, 6.07) is 7.90. The van der Waals surface area contributed by atoms with E-state index in [2.05, 4.69) is 15.3 Å². The highest BCUT2D eigenvalue weighted by Gasteiger charge is 2.10. The summed E-state index contributed by atoms with van der Waals surface area (Å²) in [6.45, 7) is 2.86. The molecule has 8 heteroatoms. The number of hydrogen-bond acceptors (Lipinski definition) is 6. The fraction of sp³-hybridized carbons (Fsp3) is 0.211. The van der Waals surface area contributed by atoms with Crippen molar-refractivity contribution in [2.24, 2.45) is 0 Å². The molecule has 0 bridgehead atoms. The number of aromatic nitrogens is 3. The lowest BCUT2D eigenvalue weighted by Crippen LogP contribution is -2.24. The number of imidazole rings is 1. The van der Waals surface area contributed by atoms with E-state index in [1.54, 1.807) is 11.3 Å². The zero-order valence-corrected chi connectivity index (χ0v) is 16.3. The number of carbonyl (C=O) groups excluding carboxylic acids is 1. The molecule has 0 saturated heterocycles. The second-order valence-electron chi connectivity index (χ2n) is 6.11. The van der Waals surface area contributed by atoms with Crippen LogP contribution in [-0.4, -0.2) is 20.3 Å². The van der Waals surface area contributed by atoms with Crippen LogP contribution in [0.25, 0.3) is 4.96 Å². The minimum absolute atomic E-state index is 0.0670. The molecule has 1 aromatic carbocycles. The van der Waals surface area contributed by atoms with E-state index in [0.717, 1.165) is 27.1 Å². The van der Waals surface area contributed by atoms with Gasteiger partial charge in [-0.3, -0.25) is 9.20 Å². The Kier molecular flexibility index (Phi) is 5.17. The fourth-order valence-corrected chi connectivity index (χ4v) is 3.98. The van der Waals surface area contributed by atoms with E-state index in [1.165, 1.54) is 16.9 Å². The van der Waals surface area contributed by atoms with Gasteiger partial charge in [-0.2, -0.15) is 0 Å². The summed E-state index contributed by atoms with van der Waals surface area (Å²) in [6.07, 6.45) is 4.13. The van der Waals surface area contributed by atoms with Gasteiger partial charge in [0.05, 0.1) is 24.4 Å². The molecule has 0 unspecified atom stereocenters. The van der Waals surface area contributed by atoms with Crippen LogP contribution in [0, 0.1) is 6.92 Å². The van der Waals surface area contributed by atoms with E-state index in [4.69, 9.17) is 4.74 Å². The van der Waals surface area contributed by atoms with Crippen LogP contribution < -0.4 is 10.1 Å². The fourth-order valence-electron chi connectivity index (χ4n) is 2.55. The number of ether oxygens (including phenoxy) is 1. The first-order valence-electron chi connectivity index (χ1n) is 8.46. The maximum Gasteiger partial charge on any atom is 0.226 e. The van der Waals surface area contributed by atoms with Gasteiger partial charge in [-0.25, -0.2) is 9.97 Å². The minimum atomic E-state index is -0.0670. The van der Waals surface area contributed by atoms with Gasteiger partial charge < -0.3 is 10.1 Å². The molecule has 0 aliphatic heterocycles. The van der Waals surface area contributed by atoms with E-state index in [0.29, 0.717) is 13.2 Å². The van der Waals surface area contributed by atoms with Crippen LogP contribution in [-0.2, 0) is 24.4 Å². The summed E-state index contributed by atoms with van der Waals surface area (Å²) >= 11 is 3.07. The maximum absolute atomic E-state index is 12.2. The topological polar surface area (TPSA) is 68.5 Å². The molecule has 0 saturated carbocycles. The molecule has 6 nitrogen and oxygen atoms in total. The van der Waals surface area contributed by atoms with Crippen molar-refractivity contribution < 1.29 is 9.53 Å². The Morgan fingerprint density at radius 2 is 2.04 bits per heavy atom. The molecule has 4 rings (SSSR count). The highest BCUT2D eigenvalue weighted by molar-refractivity contribution is 7.15. The molecule has 4 aromatic rings. The summed E-state index contributed by atoms with van der Waals surface area (Å²) in [7, 11) is 0. The van der Waals surface area contributed by atoms with E-state index in [-0.39, 0.29) is 12.3 Å². The van der Waals surface area contributed by atoms with Crippen molar-refractivity contribution in [3.05, 3.63) is 69.4 Å². The van der Waals surface area contributed by atoms with Crippen molar-refractivity contribution in [3.8, 4) is 5.75 Å². The van der Waals surface area contributed by atoms with Gasteiger partial charge >= 0.3 is 0 Å². The number of benzene rings is 1. The van der Waals surface area contributed by atoms with Crippen LogP contribution in [0.4, 0.5) is 0 Å². The highest BCUT2D eigenvalue weighted by Crippen LogP contribution is 2.16. The number of fused-ring (bicyclic) bond motifs is 1. The largest absolute Gasteiger partial charge is 0.486 e. The molecule has 1 amide bonds. The van der Waals surface area contributed by atoms with Crippen LogP contribution in [0.15, 0.2) is 47.4 Å². The minimum Gasteiger partial charge on any atom is -0.486 e. The molecule has 27 heavy (non-hydrogen) atoms. The van der Waals surface area contributed by atoms with Gasteiger partial charge in [-0.1, -0.05) is 17.7 Å². The van der Waals surface area contributed by atoms with Crippen molar-refractivity contribution in [2.75, 3.05) is 0 Å². The first-order chi connectivity index (χ1) is 13.2. The molecule has 0 aliphatic rings. The number of carbonyl (C=O) groups is 1. The highest BCUT2D eigenvalue weighted by atomic mass is 32.1. The average Bonchev–Trinajstić information content (AvgIpc) is 3.36. The Morgan fingerprint density at radius 3 is 2.85 bits per heavy atom. The number of rotatable bonds is 7. The Hall–Kier alpha value is -2.71. The van der Waals surface area contributed by atoms with Gasteiger partial charge in [-0.05, 0) is 19.1 Å². The number of nitrogens with one attached hydrogen (secondary N) is 1. The normalized spacial score (nSPS) is 11.0. The lowest BCUT2D eigenvalue weighted by atomic mass is 10.2. The molecule has 0 aliphatic carbocycles. The van der Waals surface area contributed by atoms with Gasteiger partial charge in [0.15, 0.2) is 4.96 Å². The zero-order chi connectivity index (χ0) is 18.6. The molecular weight excluding hydrogens is 380 g/mol. The Morgan fingerprint density at radius 1 is 1.19 bits per heavy atom. The number of hydrogen-bond donors (Lipinski definition) is 1. The average molecular weight is 399 g/mol. The third-order valence-electron chi connectivity index (χ3n) is 3.93. The summed E-state index contributed by atoms with van der Waals surface area (Å²) < 4.78 is 7.68. The van der Waals surface area contributed by atoms with Crippen LogP contribution >= 0.6 is 22.7 Å². The first-order valence-corrected chi connectivity index (χ1v) is 10.2. The van der Waals surface area contributed by atoms with Crippen LogP contribution in [0.3, 0.4) is 0 Å². The lowest BCUT2D eigenvalue weighted by Gasteiger charge is -2.04. The van der Waals surface area contributed by atoms with E-state index < -0.39 is 0 Å². The third kappa shape index (κ3) is 4.53. The monoisotopic (exact) mass is 398 g/mol. The van der Waals surface area contributed by atoms with Crippen molar-refractivity contribution in [1.29, 1.82) is 0 Å². The van der Waals surface area contributed by atoms with Gasteiger partial charge in [0, 0.05) is 23.2 Å². The molecule has 1 N–H and O–H groups in total. The van der Waals surface area contributed by atoms with Crippen LogP contribution in [0.5, 0.6) is 5.75 Å². The molecule has 138 valence electrons. The van der Waals surface area contributed by atoms with Crippen molar-refractivity contribution in [1.82, 2.24) is 19.7 Å². The molecule has 0 spiro atoms. The predicted molar refractivity (Wildman–Crippen MR) is 106 cm³/mol. The number of nitrogens with zero attached hydrogens (tertiary/aromatic N) is 3. The first kappa shape index (κ1) is 17.7. The summed E-state index contributed by atoms with van der Waals surface area (Å²) in [5, 5.41) is 7.63. The molecular formula is C19H18N4O2S2. The molecule has 0 atom stereocenters. The second-order valence-corrected chi connectivity index (χ2v) is 7.93. The molecule has 0 fully saturated rings.